The zero-order chi connectivity index (χ0) is 17.0. The second kappa shape index (κ2) is 8.02. The van der Waals surface area contributed by atoms with Crippen molar-refractivity contribution in [2.75, 3.05) is 0 Å². The molecule has 0 spiro atoms. The molecule has 0 heterocycles. The summed E-state index contributed by atoms with van der Waals surface area (Å²) in [5.41, 5.74) is 0.196. The van der Waals surface area contributed by atoms with Gasteiger partial charge in [-0.3, -0.25) is 4.79 Å². The molecule has 1 amide bonds. The van der Waals surface area contributed by atoms with Crippen LogP contribution in [0.5, 0.6) is 0 Å². The van der Waals surface area contributed by atoms with Gasteiger partial charge >= 0.3 is 5.97 Å². The standard InChI is InChI=1S/C17H21Cl2NO3/c1-10-5-3-4-6-15(10)20-16(21)11(2)23-17(22)13-8-7-12(18)9-14(13)19/h7-11,15H,3-6H2,1-2H3,(H,20,21)/t10-,11+,15+/m0/s1. The van der Waals surface area contributed by atoms with E-state index >= 15 is 0 Å². The summed E-state index contributed by atoms with van der Waals surface area (Å²) < 4.78 is 5.22. The first-order chi connectivity index (χ1) is 10.9. The molecule has 1 N–H and O–H groups in total. The van der Waals surface area contributed by atoms with Gasteiger partial charge in [-0.25, -0.2) is 4.79 Å². The monoisotopic (exact) mass is 357 g/mol. The lowest BCUT2D eigenvalue weighted by Gasteiger charge is -2.30. The molecule has 1 aliphatic rings. The average Bonchev–Trinajstić information content (AvgIpc) is 2.49. The van der Waals surface area contributed by atoms with Crippen molar-refractivity contribution in [3.8, 4) is 0 Å². The first kappa shape index (κ1) is 18.1. The Hall–Kier alpha value is -1.26. The third-order valence-corrected chi connectivity index (χ3v) is 4.79. The van der Waals surface area contributed by atoms with Gasteiger partial charge in [0.15, 0.2) is 6.10 Å². The van der Waals surface area contributed by atoms with E-state index in [4.69, 9.17) is 27.9 Å². The van der Waals surface area contributed by atoms with Gasteiger partial charge in [0.2, 0.25) is 0 Å². The van der Waals surface area contributed by atoms with Gasteiger partial charge in [-0.05, 0) is 43.9 Å². The zero-order valence-electron chi connectivity index (χ0n) is 13.3. The van der Waals surface area contributed by atoms with Crippen LogP contribution in [-0.2, 0) is 9.53 Å². The van der Waals surface area contributed by atoms with Crippen LogP contribution >= 0.6 is 23.2 Å². The molecule has 0 aliphatic heterocycles. The van der Waals surface area contributed by atoms with Crippen molar-refractivity contribution >= 4 is 35.1 Å². The third kappa shape index (κ3) is 4.85. The summed E-state index contributed by atoms with van der Waals surface area (Å²) >= 11 is 11.8. The molecule has 1 aliphatic carbocycles. The third-order valence-electron chi connectivity index (χ3n) is 4.24. The number of ether oxygens (including phenoxy) is 1. The fraction of sp³-hybridized carbons (Fsp3) is 0.529. The van der Waals surface area contributed by atoms with Gasteiger partial charge < -0.3 is 10.1 Å². The number of halogens is 2. The molecule has 126 valence electrons. The molecule has 0 bridgehead atoms. The topological polar surface area (TPSA) is 55.4 Å². The minimum atomic E-state index is -0.872. The Morgan fingerprint density at radius 1 is 1.26 bits per heavy atom. The second-order valence-electron chi connectivity index (χ2n) is 6.05. The number of hydrogen-bond donors (Lipinski definition) is 1. The molecule has 3 atom stereocenters. The maximum absolute atomic E-state index is 12.2. The van der Waals surface area contributed by atoms with Gasteiger partial charge in [-0.2, -0.15) is 0 Å². The minimum absolute atomic E-state index is 0.150. The summed E-state index contributed by atoms with van der Waals surface area (Å²) in [4.78, 5) is 24.3. The van der Waals surface area contributed by atoms with Gasteiger partial charge in [0.1, 0.15) is 0 Å². The summed E-state index contributed by atoms with van der Waals surface area (Å²) in [7, 11) is 0. The number of benzene rings is 1. The first-order valence-electron chi connectivity index (χ1n) is 7.85. The van der Waals surface area contributed by atoms with Crippen LogP contribution in [0.15, 0.2) is 18.2 Å². The molecule has 0 saturated heterocycles. The van der Waals surface area contributed by atoms with Gasteiger partial charge in [-0.1, -0.05) is 43.0 Å². The predicted molar refractivity (Wildman–Crippen MR) is 90.9 cm³/mol. The normalized spacial score (nSPS) is 22.3. The van der Waals surface area contributed by atoms with Crippen LogP contribution in [0.4, 0.5) is 0 Å². The lowest BCUT2D eigenvalue weighted by atomic mass is 9.86. The molecule has 2 rings (SSSR count). The van der Waals surface area contributed by atoms with Crippen LogP contribution in [-0.4, -0.2) is 24.0 Å². The molecular formula is C17H21Cl2NO3. The summed E-state index contributed by atoms with van der Waals surface area (Å²) in [5.74, 6) is -0.463. The molecule has 1 aromatic rings. The minimum Gasteiger partial charge on any atom is -0.449 e. The molecular weight excluding hydrogens is 337 g/mol. The molecule has 1 fully saturated rings. The van der Waals surface area contributed by atoms with E-state index < -0.39 is 12.1 Å². The van der Waals surface area contributed by atoms with Gasteiger partial charge in [0.05, 0.1) is 10.6 Å². The highest BCUT2D eigenvalue weighted by atomic mass is 35.5. The van der Waals surface area contributed by atoms with E-state index in [0.717, 1.165) is 19.3 Å². The molecule has 1 saturated carbocycles. The number of carbonyl (C=O) groups is 2. The summed E-state index contributed by atoms with van der Waals surface area (Å²) in [6.45, 7) is 3.69. The fourth-order valence-corrected chi connectivity index (χ4v) is 3.25. The lowest BCUT2D eigenvalue weighted by Crippen LogP contribution is -2.46. The van der Waals surface area contributed by atoms with Crippen molar-refractivity contribution in [2.45, 2.75) is 51.7 Å². The van der Waals surface area contributed by atoms with Gasteiger partial charge in [-0.15, -0.1) is 0 Å². The average molecular weight is 358 g/mol. The van der Waals surface area contributed by atoms with Crippen LogP contribution in [0.1, 0.15) is 49.9 Å². The highest BCUT2D eigenvalue weighted by Gasteiger charge is 2.26. The molecule has 1 aromatic carbocycles. The maximum Gasteiger partial charge on any atom is 0.340 e. The number of nitrogens with one attached hydrogen (secondary N) is 1. The number of amides is 1. The summed E-state index contributed by atoms with van der Waals surface area (Å²) in [6.07, 6.45) is 3.52. The Labute approximate surface area is 146 Å². The van der Waals surface area contributed by atoms with Gasteiger partial charge in [0.25, 0.3) is 5.91 Å². The Morgan fingerprint density at radius 3 is 2.61 bits per heavy atom. The van der Waals surface area contributed by atoms with Crippen molar-refractivity contribution in [3.63, 3.8) is 0 Å². The SMILES string of the molecule is C[C@@H](OC(=O)c1ccc(Cl)cc1Cl)C(=O)N[C@@H]1CCCC[C@@H]1C. The van der Waals surface area contributed by atoms with Crippen molar-refractivity contribution in [2.24, 2.45) is 5.92 Å². The Balaban J connectivity index is 1.93. The van der Waals surface area contributed by atoms with Crippen molar-refractivity contribution in [1.29, 1.82) is 0 Å². The van der Waals surface area contributed by atoms with Crippen LogP contribution in [0.2, 0.25) is 10.0 Å². The first-order valence-corrected chi connectivity index (χ1v) is 8.60. The van der Waals surface area contributed by atoms with E-state index in [-0.39, 0.29) is 22.5 Å². The Kier molecular flexibility index (Phi) is 6.31. The van der Waals surface area contributed by atoms with Crippen LogP contribution < -0.4 is 5.32 Å². The van der Waals surface area contributed by atoms with E-state index in [0.29, 0.717) is 10.9 Å². The van der Waals surface area contributed by atoms with Crippen molar-refractivity contribution in [3.05, 3.63) is 33.8 Å². The van der Waals surface area contributed by atoms with E-state index in [1.165, 1.54) is 18.6 Å². The van der Waals surface area contributed by atoms with E-state index in [2.05, 4.69) is 12.2 Å². The molecule has 0 unspecified atom stereocenters. The molecule has 23 heavy (non-hydrogen) atoms. The summed E-state index contributed by atoms with van der Waals surface area (Å²) in [5, 5.41) is 3.62. The number of carbonyl (C=O) groups excluding carboxylic acids is 2. The number of esters is 1. The Bertz CT molecular complexity index is 591. The number of hydrogen-bond acceptors (Lipinski definition) is 3. The fourth-order valence-electron chi connectivity index (χ4n) is 2.76. The molecule has 0 radical (unpaired) electrons. The molecule has 4 nitrogen and oxygen atoms in total. The van der Waals surface area contributed by atoms with Crippen LogP contribution in [0.25, 0.3) is 0 Å². The number of rotatable bonds is 4. The lowest BCUT2D eigenvalue weighted by molar-refractivity contribution is -0.130. The van der Waals surface area contributed by atoms with Gasteiger partial charge in [0, 0.05) is 11.1 Å². The van der Waals surface area contributed by atoms with E-state index in [9.17, 15) is 9.59 Å². The maximum atomic E-state index is 12.2. The van der Waals surface area contributed by atoms with Crippen LogP contribution in [0.3, 0.4) is 0 Å². The second-order valence-corrected chi connectivity index (χ2v) is 6.89. The quantitative estimate of drug-likeness (QED) is 0.820. The highest BCUT2D eigenvalue weighted by molar-refractivity contribution is 6.36. The predicted octanol–water partition coefficient (Wildman–Crippen LogP) is 4.23. The van der Waals surface area contributed by atoms with Crippen molar-refractivity contribution in [1.82, 2.24) is 5.32 Å². The largest absolute Gasteiger partial charge is 0.449 e. The Morgan fingerprint density at radius 2 is 1.96 bits per heavy atom. The van der Waals surface area contributed by atoms with Crippen LogP contribution in [0, 0.1) is 5.92 Å². The molecule has 0 aromatic heterocycles. The van der Waals surface area contributed by atoms with E-state index in [1.54, 1.807) is 13.0 Å². The zero-order valence-corrected chi connectivity index (χ0v) is 14.8. The summed E-state index contributed by atoms with van der Waals surface area (Å²) in [6, 6.07) is 4.66. The smallest absolute Gasteiger partial charge is 0.340 e. The van der Waals surface area contributed by atoms with Crippen molar-refractivity contribution < 1.29 is 14.3 Å². The molecule has 6 heteroatoms. The highest BCUT2D eigenvalue weighted by Crippen LogP contribution is 2.24. The van der Waals surface area contributed by atoms with E-state index in [1.807, 2.05) is 0 Å².